The molecular weight excluding hydrogens is 156 g/mol. The van der Waals surface area contributed by atoms with Crippen molar-refractivity contribution >= 4 is 5.97 Å². The fraction of sp³-hybridized carbons (Fsp3) is 0.889. The van der Waals surface area contributed by atoms with Crippen LogP contribution in [0.1, 0.15) is 25.7 Å². The lowest BCUT2D eigenvalue weighted by Crippen LogP contribution is -2.39. The van der Waals surface area contributed by atoms with Gasteiger partial charge in [-0.25, -0.2) is 0 Å². The molecule has 2 aliphatic rings. The Morgan fingerprint density at radius 1 is 1.67 bits per heavy atom. The van der Waals surface area contributed by atoms with E-state index in [9.17, 15) is 4.79 Å². The molecule has 0 aromatic carbocycles. The van der Waals surface area contributed by atoms with E-state index in [4.69, 9.17) is 9.84 Å². The molecule has 2 rings (SSSR count). The average Bonchev–Trinajstić information content (AvgIpc) is 2.60. The SMILES string of the molecule is CO[C@@H]1C[C@H]2CC[C@]1(C(=O)O)C2. The predicted octanol–water partition coefficient (Wildman–Crippen LogP) is 1.28. The fourth-order valence-electron chi connectivity index (χ4n) is 2.86. The topological polar surface area (TPSA) is 46.5 Å². The molecule has 68 valence electrons. The molecule has 0 spiro atoms. The summed E-state index contributed by atoms with van der Waals surface area (Å²) in [7, 11) is 1.62. The van der Waals surface area contributed by atoms with Crippen molar-refractivity contribution in [3.63, 3.8) is 0 Å². The number of methoxy groups -OCH3 is 1. The van der Waals surface area contributed by atoms with Gasteiger partial charge in [0, 0.05) is 7.11 Å². The van der Waals surface area contributed by atoms with E-state index in [0.29, 0.717) is 5.92 Å². The Bertz CT molecular complexity index is 214. The third-order valence-electron chi connectivity index (χ3n) is 3.53. The summed E-state index contributed by atoms with van der Waals surface area (Å²) in [4.78, 5) is 11.1. The third kappa shape index (κ3) is 0.829. The summed E-state index contributed by atoms with van der Waals surface area (Å²) in [5.74, 6) is -0.0552. The summed E-state index contributed by atoms with van der Waals surface area (Å²) in [6.45, 7) is 0. The monoisotopic (exact) mass is 170 g/mol. The molecule has 0 aliphatic heterocycles. The van der Waals surface area contributed by atoms with Crippen LogP contribution in [0.2, 0.25) is 0 Å². The van der Waals surface area contributed by atoms with Gasteiger partial charge < -0.3 is 9.84 Å². The molecule has 0 aromatic heterocycles. The van der Waals surface area contributed by atoms with E-state index in [-0.39, 0.29) is 6.10 Å². The van der Waals surface area contributed by atoms with Gasteiger partial charge in [-0.3, -0.25) is 4.79 Å². The Hall–Kier alpha value is -0.570. The first-order chi connectivity index (χ1) is 5.69. The van der Waals surface area contributed by atoms with Gasteiger partial charge in [-0.05, 0) is 31.6 Å². The molecule has 2 aliphatic carbocycles. The van der Waals surface area contributed by atoms with E-state index in [1.54, 1.807) is 7.11 Å². The van der Waals surface area contributed by atoms with Crippen LogP contribution in [0.4, 0.5) is 0 Å². The molecular formula is C9H14O3. The number of rotatable bonds is 2. The summed E-state index contributed by atoms with van der Waals surface area (Å²) in [6.07, 6.45) is 3.63. The lowest BCUT2D eigenvalue weighted by atomic mass is 9.82. The molecule has 1 N–H and O–H groups in total. The molecule has 0 radical (unpaired) electrons. The fourth-order valence-corrected chi connectivity index (χ4v) is 2.86. The van der Waals surface area contributed by atoms with Gasteiger partial charge >= 0.3 is 5.97 Å². The van der Waals surface area contributed by atoms with Gasteiger partial charge in [0.15, 0.2) is 0 Å². The molecule has 0 amide bonds. The number of fused-ring (bicyclic) bond motifs is 2. The second-order valence-corrected chi connectivity index (χ2v) is 4.03. The third-order valence-corrected chi connectivity index (χ3v) is 3.53. The Balaban J connectivity index is 2.26. The van der Waals surface area contributed by atoms with Gasteiger partial charge in [-0.15, -0.1) is 0 Å². The van der Waals surface area contributed by atoms with Crippen LogP contribution in [-0.2, 0) is 9.53 Å². The molecule has 3 nitrogen and oxygen atoms in total. The van der Waals surface area contributed by atoms with Crippen LogP contribution in [0.5, 0.6) is 0 Å². The van der Waals surface area contributed by atoms with E-state index in [1.165, 1.54) is 0 Å². The molecule has 3 heteroatoms. The minimum Gasteiger partial charge on any atom is -0.481 e. The predicted molar refractivity (Wildman–Crippen MR) is 42.8 cm³/mol. The lowest BCUT2D eigenvalue weighted by Gasteiger charge is -2.29. The highest BCUT2D eigenvalue weighted by Crippen LogP contribution is 2.55. The standard InChI is InChI=1S/C9H14O3/c1-12-7-4-6-2-3-9(7,5-6)8(10)11/h6-7H,2-5H2,1H3,(H,10,11)/t6-,7-,9+/m1/s1. The first-order valence-electron chi connectivity index (χ1n) is 4.45. The summed E-state index contributed by atoms with van der Waals surface area (Å²) in [5.41, 5.74) is -0.528. The average molecular weight is 170 g/mol. The van der Waals surface area contributed by atoms with E-state index < -0.39 is 11.4 Å². The Morgan fingerprint density at radius 3 is 2.83 bits per heavy atom. The quantitative estimate of drug-likeness (QED) is 0.679. The minimum atomic E-state index is -0.658. The van der Waals surface area contributed by atoms with Gasteiger partial charge in [0.25, 0.3) is 0 Å². The van der Waals surface area contributed by atoms with Crippen molar-refractivity contribution in [1.29, 1.82) is 0 Å². The van der Waals surface area contributed by atoms with Crippen LogP contribution in [0, 0.1) is 11.3 Å². The van der Waals surface area contributed by atoms with Crippen molar-refractivity contribution in [2.24, 2.45) is 11.3 Å². The number of aliphatic carboxylic acids is 1. The van der Waals surface area contributed by atoms with Crippen LogP contribution >= 0.6 is 0 Å². The molecule has 0 unspecified atom stereocenters. The first kappa shape index (κ1) is 8.05. The van der Waals surface area contributed by atoms with Crippen LogP contribution in [-0.4, -0.2) is 24.3 Å². The zero-order valence-corrected chi connectivity index (χ0v) is 7.25. The maximum absolute atomic E-state index is 11.1. The first-order valence-corrected chi connectivity index (χ1v) is 4.45. The lowest BCUT2D eigenvalue weighted by molar-refractivity contribution is -0.156. The van der Waals surface area contributed by atoms with E-state index in [0.717, 1.165) is 25.7 Å². The van der Waals surface area contributed by atoms with Crippen molar-refractivity contribution in [3.05, 3.63) is 0 Å². The second-order valence-electron chi connectivity index (χ2n) is 4.03. The number of ether oxygens (including phenoxy) is 1. The molecule has 3 atom stereocenters. The molecule has 0 saturated heterocycles. The summed E-state index contributed by atoms with van der Waals surface area (Å²) in [5, 5.41) is 9.11. The Labute approximate surface area is 71.7 Å². The Morgan fingerprint density at radius 2 is 2.42 bits per heavy atom. The highest BCUT2D eigenvalue weighted by atomic mass is 16.5. The van der Waals surface area contributed by atoms with Gasteiger partial charge in [0.1, 0.15) is 0 Å². The number of hydrogen-bond acceptors (Lipinski definition) is 2. The molecule has 2 bridgehead atoms. The summed E-state index contributed by atoms with van der Waals surface area (Å²) in [6, 6.07) is 0. The molecule has 2 fully saturated rings. The number of carbonyl (C=O) groups is 1. The Kier molecular flexibility index (Phi) is 1.65. The van der Waals surface area contributed by atoms with Crippen molar-refractivity contribution < 1.29 is 14.6 Å². The molecule has 0 aromatic rings. The second kappa shape index (κ2) is 2.46. The van der Waals surface area contributed by atoms with Crippen molar-refractivity contribution in [2.45, 2.75) is 31.8 Å². The maximum Gasteiger partial charge on any atom is 0.312 e. The number of carboxylic acids is 1. The smallest absolute Gasteiger partial charge is 0.312 e. The van der Waals surface area contributed by atoms with Gasteiger partial charge in [-0.2, -0.15) is 0 Å². The van der Waals surface area contributed by atoms with Crippen molar-refractivity contribution in [3.8, 4) is 0 Å². The maximum atomic E-state index is 11.1. The molecule has 12 heavy (non-hydrogen) atoms. The zero-order chi connectivity index (χ0) is 8.77. The zero-order valence-electron chi connectivity index (χ0n) is 7.25. The van der Waals surface area contributed by atoms with E-state index >= 15 is 0 Å². The van der Waals surface area contributed by atoms with Crippen LogP contribution in [0.15, 0.2) is 0 Å². The van der Waals surface area contributed by atoms with E-state index in [2.05, 4.69) is 0 Å². The van der Waals surface area contributed by atoms with Crippen molar-refractivity contribution in [2.75, 3.05) is 7.11 Å². The van der Waals surface area contributed by atoms with Crippen LogP contribution in [0.25, 0.3) is 0 Å². The number of hydrogen-bond donors (Lipinski definition) is 1. The van der Waals surface area contributed by atoms with Crippen LogP contribution in [0.3, 0.4) is 0 Å². The summed E-state index contributed by atoms with van der Waals surface area (Å²) < 4.78 is 5.23. The summed E-state index contributed by atoms with van der Waals surface area (Å²) >= 11 is 0. The number of carboxylic acid groups (broad SMARTS) is 1. The highest BCUT2D eigenvalue weighted by molar-refractivity contribution is 5.76. The minimum absolute atomic E-state index is 0.0336. The van der Waals surface area contributed by atoms with Gasteiger partial charge in [0.2, 0.25) is 0 Å². The highest BCUT2D eigenvalue weighted by Gasteiger charge is 2.57. The van der Waals surface area contributed by atoms with Gasteiger partial charge in [0.05, 0.1) is 11.5 Å². The molecule has 0 heterocycles. The van der Waals surface area contributed by atoms with Crippen LogP contribution < -0.4 is 0 Å². The molecule has 2 saturated carbocycles. The van der Waals surface area contributed by atoms with Crippen molar-refractivity contribution in [1.82, 2.24) is 0 Å². The normalized spacial score (nSPS) is 45.1. The largest absolute Gasteiger partial charge is 0.481 e. The van der Waals surface area contributed by atoms with Gasteiger partial charge in [-0.1, -0.05) is 0 Å². The van der Waals surface area contributed by atoms with E-state index in [1.807, 2.05) is 0 Å².